The van der Waals surface area contributed by atoms with Gasteiger partial charge in [0.15, 0.2) is 0 Å². The lowest BCUT2D eigenvalue weighted by atomic mass is 10.1. The van der Waals surface area contributed by atoms with E-state index < -0.39 is 6.04 Å². The summed E-state index contributed by atoms with van der Waals surface area (Å²) in [6.07, 6.45) is 0. The maximum atomic E-state index is 13.3. The third-order valence-corrected chi connectivity index (χ3v) is 6.32. The molecule has 2 aromatic heterocycles. The molecule has 6 heteroatoms. The number of amides is 1. The van der Waals surface area contributed by atoms with Gasteiger partial charge in [-0.3, -0.25) is 14.2 Å². The lowest BCUT2D eigenvalue weighted by Gasteiger charge is -2.18. The van der Waals surface area contributed by atoms with E-state index in [-0.39, 0.29) is 11.5 Å². The number of hydrogen-bond acceptors (Lipinski definition) is 4. The van der Waals surface area contributed by atoms with Gasteiger partial charge in [0.25, 0.3) is 5.56 Å². The van der Waals surface area contributed by atoms with E-state index >= 15 is 0 Å². The summed E-state index contributed by atoms with van der Waals surface area (Å²) in [5, 5.41) is 3.48. The van der Waals surface area contributed by atoms with Crippen molar-refractivity contribution in [1.29, 1.82) is 0 Å². The van der Waals surface area contributed by atoms with Crippen molar-refractivity contribution in [3.63, 3.8) is 0 Å². The Kier molecular flexibility index (Phi) is 5.26. The van der Waals surface area contributed by atoms with Crippen LogP contribution in [0.4, 0.5) is 5.69 Å². The van der Waals surface area contributed by atoms with Crippen LogP contribution in [-0.2, 0) is 4.79 Å². The molecule has 2 heterocycles. The molecule has 1 N–H and O–H groups in total. The molecule has 0 aliphatic heterocycles. The Morgan fingerprint density at radius 3 is 2.50 bits per heavy atom. The minimum atomic E-state index is -0.685. The van der Waals surface area contributed by atoms with Crippen molar-refractivity contribution < 1.29 is 4.79 Å². The van der Waals surface area contributed by atoms with Gasteiger partial charge in [-0.05, 0) is 51.0 Å². The number of carbonyl (C=O) groups is 1. The van der Waals surface area contributed by atoms with Crippen LogP contribution in [0.5, 0.6) is 0 Å². The second-order valence-corrected chi connectivity index (χ2v) is 8.54. The summed E-state index contributed by atoms with van der Waals surface area (Å²) in [5.74, 6) is 0.282. The molecule has 0 bridgehead atoms. The van der Waals surface area contributed by atoms with Crippen LogP contribution in [0.2, 0.25) is 0 Å². The third-order valence-electron chi connectivity index (χ3n) is 5.24. The number of benzene rings is 2. The number of carbonyl (C=O) groups excluding carboxylic acids is 1. The molecular formula is C24H23N3O2S. The lowest BCUT2D eigenvalue weighted by molar-refractivity contribution is -0.118. The van der Waals surface area contributed by atoms with Gasteiger partial charge in [0.1, 0.15) is 16.7 Å². The number of nitrogens with one attached hydrogen (secondary N) is 1. The second-order valence-electron chi connectivity index (χ2n) is 7.51. The van der Waals surface area contributed by atoms with Crippen LogP contribution in [0.15, 0.2) is 59.4 Å². The van der Waals surface area contributed by atoms with E-state index in [1.807, 2.05) is 68.4 Å². The number of nitrogens with zero attached hydrogens (tertiary/aromatic N) is 2. The first kappa shape index (κ1) is 20.0. The molecule has 4 rings (SSSR count). The van der Waals surface area contributed by atoms with Gasteiger partial charge in [-0.1, -0.05) is 48.0 Å². The van der Waals surface area contributed by atoms with Crippen molar-refractivity contribution in [2.45, 2.75) is 33.7 Å². The molecule has 5 nitrogen and oxygen atoms in total. The van der Waals surface area contributed by atoms with Crippen molar-refractivity contribution in [3.8, 4) is 10.4 Å². The summed E-state index contributed by atoms with van der Waals surface area (Å²) >= 11 is 1.49. The fraction of sp³-hybridized carbons (Fsp3) is 0.208. The molecule has 0 spiro atoms. The van der Waals surface area contributed by atoms with E-state index in [0.29, 0.717) is 16.0 Å². The number of thiophene rings is 1. The largest absolute Gasteiger partial charge is 0.324 e. The van der Waals surface area contributed by atoms with Crippen LogP contribution in [0, 0.1) is 20.8 Å². The Morgan fingerprint density at radius 2 is 1.80 bits per heavy atom. The average molecular weight is 418 g/mol. The predicted octanol–water partition coefficient (Wildman–Crippen LogP) is 5.25. The average Bonchev–Trinajstić information content (AvgIpc) is 3.15. The normalized spacial score (nSPS) is 12.1. The van der Waals surface area contributed by atoms with E-state index in [1.54, 1.807) is 13.8 Å². The number of fused-ring (bicyclic) bond motifs is 1. The van der Waals surface area contributed by atoms with Crippen LogP contribution in [0.25, 0.3) is 20.7 Å². The lowest BCUT2D eigenvalue weighted by Crippen LogP contribution is -2.33. The smallest absolute Gasteiger partial charge is 0.263 e. The highest BCUT2D eigenvalue weighted by molar-refractivity contribution is 7.21. The van der Waals surface area contributed by atoms with Gasteiger partial charge in [0, 0.05) is 10.6 Å². The van der Waals surface area contributed by atoms with Crippen molar-refractivity contribution in [1.82, 2.24) is 9.55 Å². The number of aromatic nitrogens is 2. The SMILES string of the molecule is Cc1ccc(NC(=O)C(C)n2c(C)nc3sc(-c4ccccc4)cc3c2=O)c(C)c1. The second kappa shape index (κ2) is 7.88. The van der Waals surface area contributed by atoms with Crippen molar-refractivity contribution >= 4 is 33.1 Å². The molecule has 1 unspecified atom stereocenters. The molecule has 0 saturated carbocycles. The molecule has 2 aromatic carbocycles. The first-order chi connectivity index (χ1) is 14.3. The minimum Gasteiger partial charge on any atom is -0.324 e. The zero-order valence-corrected chi connectivity index (χ0v) is 18.2. The third kappa shape index (κ3) is 3.66. The number of rotatable bonds is 4. The topological polar surface area (TPSA) is 64.0 Å². The van der Waals surface area contributed by atoms with Crippen LogP contribution in [0.1, 0.15) is 29.9 Å². The highest BCUT2D eigenvalue weighted by Crippen LogP contribution is 2.31. The summed E-state index contributed by atoms with van der Waals surface area (Å²) in [5.41, 5.74) is 3.72. The number of aryl methyl sites for hydroxylation is 3. The van der Waals surface area contributed by atoms with Gasteiger partial charge in [-0.2, -0.15) is 0 Å². The van der Waals surface area contributed by atoms with E-state index in [1.165, 1.54) is 15.9 Å². The summed E-state index contributed by atoms with van der Waals surface area (Å²) in [6.45, 7) is 7.46. The van der Waals surface area contributed by atoms with Gasteiger partial charge in [0.05, 0.1) is 5.39 Å². The Labute approximate surface area is 179 Å². The maximum Gasteiger partial charge on any atom is 0.263 e. The maximum absolute atomic E-state index is 13.3. The molecule has 4 aromatic rings. The molecule has 0 fully saturated rings. The fourth-order valence-corrected chi connectivity index (χ4v) is 4.68. The molecule has 30 heavy (non-hydrogen) atoms. The van der Waals surface area contributed by atoms with Crippen LogP contribution >= 0.6 is 11.3 Å². The molecule has 0 saturated heterocycles. The van der Waals surface area contributed by atoms with E-state index in [9.17, 15) is 9.59 Å². The van der Waals surface area contributed by atoms with E-state index in [2.05, 4.69) is 10.3 Å². The molecule has 152 valence electrons. The van der Waals surface area contributed by atoms with Crippen LogP contribution in [-0.4, -0.2) is 15.5 Å². The van der Waals surface area contributed by atoms with Crippen LogP contribution in [0.3, 0.4) is 0 Å². The van der Waals surface area contributed by atoms with Crippen LogP contribution < -0.4 is 10.9 Å². The zero-order valence-electron chi connectivity index (χ0n) is 17.4. The molecular weight excluding hydrogens is 394 g/mol. The predicted molar refractivity (Wildman–Crippen MR) is 123 cm³/mol. The number of anilines is 1. The monoisotopic (exact) mass is 417 g/mol. The van der Waals surface area contributed by atoms with Crippen molar-refractivity contribution in [2.24, 2.45) is 0 Å². The Morgan fingerprint density at radius 1 is 1.07 bits per heavy atom. The van der Waals surface area contributed by atoms with Gasteiger partial charge in [0.2, 0.25) is 5.91 Å². The fourth-order valence-electron chi connectivity index (χ4n) is 3.60. The summed E-state index contributed by atoms with van der Waals surface area (Å²) in [6, 6.07) is 17.0. The van der Waals surface area contributed by atoms with Gasteiger partial charge in [-0.15, -0.1) is 11.3 Å². The number of hydrogen-bond donors (Lipinski definition) is 1. The zero-order chi connectivity index (χ0) is 21.4. The summed E-state index contributed by atoms with van der Waals surface area (Å²) in [4.78, 5) is 32.5. The van der Waals surface area contributed by atoms with Crippen molar-refractivity contribution in [2.75, 3.05) is 5.32 Å². The van der Waals surface area contributed by atoms with E-state index in [0.717, 1.165) is 27.3 Å². The van der Waals surface area contributed by atoms with Gasteiger partial charge >= 0.3 is 0 Å². The van der Waals surface area contributed by atoms with Gasteiger partial charge < -0.3 is 5.32 Å². The highest BCUT2D eigenvalue weighted by atomic mass is 32.1. The van der Waals surface area contributed by atoms with Gasteiger partial charge in [-0.25, -0.2) is 4.98 Å². The quantitative estimate of drug-likeness (QED) is 0.493. The Bertz CT molecular complexity index is 1310. The van der Waals surface area contributed by atoms with E-state index in [4.69, 9.17) is 0 Å². The highest BCUT2D eigenvalue weighted by Gasteiger charge is 2.22. The summed E-state index contributed by atoms with van der Waals surface area (Å²) < 4.78 is 1.47. The standard InChI is InChI=1S/C24H23N3O2S/c1-14-10-11-20(15(2)12-14)26-22(28)16(3)27-17(4)25-23-19(24(27)29)13-21(30-23)18-8-6-5-7-9-18/h5-13,16H,1-4H3,(H,26,28). The molecule has 0 aliphatic carbocycles. The van der Waals surface area contributed by atoms with Crippen molar-refractivity contribution in [3.05, 3.63) is 81.9 Å². The molecule has 1 atom stereocenters. The molecule has 0 radical (unpaired) electrons. The Balaban J connectivity index is 1.71. The Hall–Kier alpha value is -3.25. The first-order valence-corrected chi connectivity index (χ1v) is 10.6. The summed E-state index contributed by atoms with van der Waals surface area (Å²) in [7, 11) is 0. The molecule has 0 aliphatic rings. The molecule has 1 amide bonds. The first-order valence-electron chi connectivity index (χ1n) is 9.81. The minimum absolute atomic E-state index is 0.195.